The summed E-state index contributed by atoms with van der Waals surface area (Å²) in [7, 11) is 0. The van der Waals surface area contributed by atoms with Crippen LogP contribution in [-0.4, -0.2) is 42.3 Å². The lowest BCUT2D eigenvalue weighted by molar-refractivity contribution is -0.153. The second kappa shape index (κ2) is 6.44. The second-order valence-corrected chi connectivity index (χ2v) is 5.98. The van der Waals surface area contributed by atoms with Crippen LogP contribution in [0.2, 0.25) is 0 Å². The zero-order valence-electron chi connectivity index (χ0n) is 11.7. The molecule has 2 fully saturated rings. The maximum Gasteiger partial charge on any atom is 0.401 e. The third-order valence-electron chi connectivity index (χ3n) is 4.23. The number of rotatable bonds is 6. The molecule has 5 heteroatoms. The Hall–Kier alpha value is -0.290. The van der Waals surface area contributed by atoms with Crippen molar-refractivity contribution in [3.8, 4) is 0 Å². The summed E-state index contributed by atoms with van der Waals surface area (Å²) >= 11 is 0. The van der Waals surface area contributed by atoms with Gasteiger partial charge in [0, 0.05) is 18.1 Å². The average molecular weight is 278 g/mol. The first-order valence-electron chi connectivity index (χ1n) is 7.55. The van der Waals surface area contributed by atoms with E-state index in [9.17, 15) is 13.2 Å². The van der Waals surface area contributed by atoms with Crippen LogP contribution < -0.4 is 5.32 Å². The third kappa shape index (κ3) is 4.95. The molecule has 0 saturated heterocycles. The molecule has 1 N–H and O–H groups in total. The van der Waals surface area contributed by atoms with E-state index < -0.39 is 12.7 Å². The fraction of sp³-hybridized carbons (Fsp3) is 1.00. The standard InChI is InChI=1S/C14H25F3N2/c1-2-9-18-11-3-5-12(6-4-11)19(13-7-8-13)10-14(15,16)17/h11-13,18H,2-10H2,1H3. The highest BCUT2D eigenvalue weighted by atomic mass is 19.4. The molecule has 2 nitrogen and oxygen atoms in total. The van der Waals surface area contributed by atoms with Crippen LogP contribution in [0.1, 0.15) is 51.9 Å². The minimum Gasteiger partial charge on any atom is -0.314 e. The smallest absolute Gasteiger partial charge is 0.314 e. The SMILES string of the molecule is CCCNC1CCC(N(CC(F)(F)F)C2CC2)CC1. The Labute approximate surface area is 113 Å². The molecule has 0 radical (unpaired) electrons. The summed E-state index contributed by atoms with van der Waals surface area (Å²) in [5.41, 5.74) is 0. The highest BCUT2D eigenvalue weighted by Gasteiger charge is 2.42. The Morgan fingerprint density at radius 1 is 1.00 bits per heavy atom. The Balaban J connectivity index is 1.80. The predicted molar refractivity (Wildman–Crippen MR) is 70.1 cm³/mol. The normalized spacial score (nSPS) is 28.9. The molecule has 19 heavy (non-hydrogen) atoms. The topological polar surface area (TPSA) is 15.3 Å². The van der Waals surface area contributed by atoms with Gasteiger partial charge >= 0.3 is 6.18 Å². The average Bonchev–Trinajstić information content (AvgIpc) is 3.17. The molecule has 0 aromatic carbocycles. The summed E-state index contributed by atoms with van der Waals surface area (Å²) in [5, 5.41) is 3.48. The molecule has 0 aromatic rings. The second-order valence-electron chi connectivity index (χ2n) is 5.98. The van der Waals surface area contributed by atoms with Crippen molar-refractivity contribution in [3.63, 3.8) is 0 Å². The van der Waals surface area contributed by atoms with E-state index >= 15 is 0 Å². The molecule has 112 valence electrons. The van der Waals surface area contributed by atoms with Crippen molar-refractivity contribution in [3.05, 3.63) is 0 Å². The molecule has 0 spiro atoms. The van der Waals surface area contributed by atoms with E-state index in [1.54, 1.807) is 4.90 Å². The van der Waals surface area contributed by atoms with Crippen molar-refractivity contribution < 1.29 is 13.2 Å². The number of hydrogen-bond acceptors (Lipinski definition) is 2. The molecule has 0 unspecified atom stereocenters. The van der Waals surface area contributed by atoms with Gasteiger partial charge in [-0.25, -0.2) is 0 Å². The quantitative estimate of drug-likeness (QED) is 0.802. The Kier molecular flexibility index (Phi) is 5.12. The fourth-order valence-corrected chi connectivity index (χ4v) is 3.13. The Bertz CT molecular complexity index is 268. The zero-order valence-corrected chi connectivity index (χ0v) is 11.7. The molecule has 2 aliphatic carbocycles. The van der Waals surface area contributed by atoms with Crippen LogP contribution in [0.15, 0.2) is 0 Å². The van der Waals surface area contributed by atoms with Crippen molar-refractivity contribution in [1.29, 1.82) is 0 Å². The van der Waals surface area contributed by atoms with Crippen LogP contribution in [0.4, 0.5) is 13.2 Å². The van der Waals surface area contributed by atoms with Crippen LogP contribution >= 0.6 is 0 Å². The summed E-state index contributed by atoms with van der Waals surface area (Å²) in [4.78, 5) is 1.73. The number of alkyl halides is 3. The maximum absolute atomic E-state index is 12.6. The van der Waals surface area contributed by atoms with Gasteiger partial charge in [0.15, 0.2) is 0 Å². The largest absolute Gasteiger partial charge is 0.401 e. The van der Waals surface area contributed by atoms with E-state index in [1.165, 1.54) is 0 Å². The van der Waals surface area contributed by atoms with Crippen LogP contribution in [-0.2, 0) is 0 Å². The molecule has 2 rings (SSSR count). The van der Waals surface area contributed by atoms with Crippen LogP contribution in [0.25, 0.3) is 0 Å². The summed E-state index contributed by atoms with van der Waals surface area (Å²) in [6, 6.07) is 0.865. The summed E-state index contributed by atoms with van der Waals surface area (Å²) in [6.07, 6.45) is 2.82. The van der Waals surface area contributed by atoms with E-state index in [0.717, 1.165) is 51.5 Å². The lowest BCUT2D eigenvalue weighted by atomic mass is 9.90. The number of nitrogens with zero attached hydrogens (tertiary/aromatic N) is 1. The molecule has 2 saturated carbocycles. The van der Waals surface area contributed by atoms with Crippen molar-refractivity contribution in [2.24, 2.45) is 0 Å². The monoisotopic (exact) mass is 278 g/mol. The van der Waals surface area contributed by atoms with Gasteiger partial charge in [0.05, 0.1) is 6.54 Å². The number of hydrogen-bond donors (Lipinski definition) is 1. The van der Waals surface area contributed by atoms with E-state index in [0.29, 0.717) is 6.04 Å². The van der Waals surface area contributed by atoms with Gasteiger partial charge in [0.25, 0.3) is 0 Å². The zero-order chi connectivity index (χ0) is 13.9. The molecular weight excluding hydrogens is 253 g/mol. The van der Waals surface area contributed by atoms with Crippen LogP contribution in [0, 0.1) is 0 Å². The van der Waals surface area contributed by atoms with Crippen molar-refractivity contribution in [2.45, 2.75) is 76.2 Å². The predicted octanol–water partition coefficient (Wildman–Crippen LogP) is 3.32. The maximum atomic E-state index is 12.6. The van der Waals surface area contributed by atoms with E-state index in [4.69, 9.17) is 0 Å². The summed E-state index contributed by atoms with van der Waals surface area (Å²) in [6.45, 7) is 2.44. The Morgan fingerprint density at radius 2 is 1.53 bits per heavy atom. The number of halogens is 3. The molecule has 0 heterocycles. The summed E-state index contributed by atoms with van der Waals surface area (Å²) < 4.78 is 37.9. The highest BCUT2D eigenvalue weighted by Crippen LogP contribution is 2.36. The molecule has 0 aromatic heterocycles. The minimum atomic E-state index is -4.06. The van der Waals surface area contributed by atoms with Gasteiger partial charge in [-0.05, 0) is 51.5 Å². The van der Waals surface area contributed by atoms with Gasteiger partial charge in [0.2, 0.25) is 0 Å². The van der Waals surface area contributed by atoms with Crippen LogP contribution in [0.3, 0.4) is 0 Å². The highest BCUT2D eigenvalue weighted by molar-refractivity contribution is 4.92. The molecule has 0 amide bonds. The lowest BCUT2D eigenvalue weighted by Crippen LogP contribution is -2.47. The molecule has 0 aliphatic heterocycles. The van der Waals surface area contributed by atoms with Gasteiger partial charge in [-0.3, -0.25) is 4.90 Å². The van der Waals surface area contributed by atoms with Crippen molar-refractivity contribution in [1.82, 2.24) is 10.2 Å². The van der Waals surface area contributed by atoms with E-state index in [-0.39, 0.29) is 12.1 Å². The van der Waals surface area contributed by atoms with Gasteiger partial charge < -0.3 is 5.32 Å². The first-order valence-corrected chi connectivity index (χ1v) is 7.55. The van der Waals surface area contributed by atoms with Crippen molar-refractivity contribution in [2.75, 3.05) is 13.1 Å². The van der Waals surface area contributed by atoms with Crippen LogP contribution in [0.5, 0.6) is 0 Å². The fourth-order valence-electron chi connectivity index (χ4n) is 3.13. The Morgan fingerprint density at radius 3 is 1.95 bits per heavy atom. The third-order valence-corrected chi connectivity index (χ3v) is 4.23. The number of nitrogens with one attached hydrogen (secondary N) is 1. The lowest BCUT2D eigenvalue weighted by Gasteiger charge is -2.37. The molecule has 0 bridgehead atoms. The van der Waals surface area contributed by atoms with E-state index in [1.807, 2.05) is 0 Å². The van der Waals surface area contributed by atoms with Gasteiger partial charge in [-0.1, -0.05) is 6.92 Å². The first-order chi connectivity index (χ1) is 8.99. The van der Waals surface area contributed by atoms with Gasteiger partial charge in [-0.2, -0.15) is 13.2 Å². The molecule has 2 aliphatic rings. The summed E-state index contributed by atoms with van der Waals surface area (Å²) in [5.74, 6) is 0. The molecular formula is C14H25F3N2. The van der Waals surface area contributed by atoms with Gasteiger partial charge in [-0.15, -0.1) is 0 Å². The minimum absolute atomic E-state index is 0.147. The van der Waals surface area contributed by atoms with Crippen molar-refractivity contribution >= 4 is 0 Å². The van der Waals surface area contributed by atoms with E-state index in [2.05, 4.69) is 12.2 Å². The first kappa shape index (κ1) is 15.1. The molecule has 0 atom stereocenters. The van der Waals surface area contributed by atoms with Gasteiger partial charge in [0.1, 0.15) is 0 Å².